The largest absolute Gasteiger partial charge is 0.289 e. The van der Waals surface area contributed by atoms with Crippen LogP contribution < -0.4 is 11.0 Å². The van der Waals surface area contributed by atoms with Crippen LogP contribution in [0, 0.1) is 5.92 Å². The second-order valence-electron chi connectivity index (χ2n) is 7.02. The number of aryl methyl sites for hydroxylation is 1. The summed E-state index contributed by atoms with van der Waals surface area (Å²) in [5, 5.41) is 5.13. The van der Waals surface area contributed by atoms with Crippen molar-refractivity contribution in [1.82, 2.24) is 15.0 Å². The number of rotatable bonds is 4. The molecule has 0 unspecified atom stereocenters. The molecule has 1 N–H and O–H groups in total. The maximum atomic E-state index is 12.9. The van der Waals surface area contributed by atoms with E-state index in [0.717, 1.165) is 29.7 Å². The lowest BCUT2D eigenvalue weighted by Crippen LogP contribution is -2.30. The lowest BCUT2D eigenvalue weighted by atomic mass is 9.89. The van der Waals surface area contributed by atoms with E-state index in [2.05, 4.69) is 22.4 Å². The maximum Gasteiger partial charge on any atom is 0.262 e. The molecule has 0 saturated heterocycles. The van der Waals surface area contributed by atoms with Crippen LogP contribution in [-0.4, -0.2) is 21.7 Å². The molecule has 28 heavy (non-hydrogen) atoms. The lowest BCUT2D eigenvalue weighted by Gasteiger charge is -2.17. The zero-order valence-electron chi connectivity index (χ0n) is 15.3. The third-order valence-electron chi connectivity index (χ3n) is 4.89. The van der Waals surface area contributed by atoms with Gasteiger partial charge in [0.05, 0.1) is 17.9 Å². The van der Waals surface area contributed by atoms with Gasteiger partial charge in [-0.2, -0.15) is 5.10 Å². The van der Waals surface area contributed by atoms with Crippen molar-refractivity contribution in [2.45, 2.75) is 32.7 Å². The van der Waals surface area contributed by atoms with Crippen LogP contribution in [-0.2, 0) is 24.2 Å². The molecule has 0 fully saturated rings. The normalized spacial score (nSPS) is 16.4. The maximum absolute atomic E-state index is 12.9. The summed E-state index contributed by atoms with van der Waals surface area (Å²) in [7, 11) is 0. The van der Waals surface area contributed by atoms with Gasteiger partial charge >= 0.3 is 0 Å². The van der Waals surface area contributed by atoms with E-state index < -0.39 is 5.91 Å². The number of carbonyl (C=O) groups is 1. The predicted molar refractivity (Wildman–Crippen MR) is 112 cm³/mol. The fourth-order valence-corrected chi connectivity index (χ4v) is 4.95. The second kappa shape index (κ2) is 7.85. The average molecular weight is 415 g/mol. The van der Waals surface area contributed by atoms with E-state index in [1.54, 1.807) is 23.5 Å². The van der Waals surface area contributed by atoms with Gasteiger partial charge in [0.2, 0.25) is 0 Å². The molecule has 1 amide bonds. The van der Waals surface area contributed by atoms with Gasteiger partial charge in [0.15, 0.2) is 0 Å². The number of nitrogens with one attached hydrogen (secondary N) is 1. The Kier molecular flexibility index (Phi) is 5.28. The van der Waals surface area contributed by atoms with E-state index in [-0.39, 0.29) is 12.1 Å². The number of hydrogen-bond acceptors (Lipinski definition) is 5. The highest BCUT2D eigenvalue weighted by Gasteiger charge is 2.23. The van der Waals surface area contributed by atoms with E-state index in [4.69, 9.17) is 11.6 Å². The SMILES string of the molecule is C[C@H]1CCc2c(sc3ncn(CC(=O)NN=Cc4ccccc4Cl)c(=O)c23)C1. The number of benzene rings is 1. The van der Waals surface area contributed by atoms with Crippen LogP contribution in [0.1, 0.15) is 29.3 Å². The van der Waals surface area contributed by atoms with E-state index >= 15 is 0 Å². The first-order valence-electron chi connectivity index (χ1n) is 9.09. The highest BCUT2D eigenvalue weighted by Crippen LogP contribution is 2.35. The molecule has 8 heteroatoms. The Hall–Kier alpha value is -2.51. The van der Waals surface area contributed by atoms with Crippen LogP contribution in [0.3, 0.4) is 0 Å². The minimum absolute atomic E-state index is 0.136. The molecule has 1 aliphatic carbocycles. The van der Waals surface area contributed by atoms with Crippen molar-refractivity contribution < 1.29 is 4.79 Å². The van der Waals surface area contributed by atoms with Gasteiger partial charge in [-0.15, -0.1) is 11.3 Å². The van der Waals surface area contributed by atoms with Crippen LogP contribution in [0.25, 0.3) is 10.2 Å². The monoisotopic (exact) mass is 414 g/mol. The van der Waals surface area contributed by atoms with Gasteiger partial charge in [-0.1, -0.05) is 36.7 Å². The molecular formula is C20H19ClN4O2S. The number of hydrazone groups is 1. The van der Waals surface area contributed by atoms with E-state index in [1.807, 2.05) is 12.1 Å². The van der Waals surface area contributed by atoms with Gasteiger partial charge in [0.1, 0.15) is 11.4 Å². The molecule has 6 nitrogen and oxygen atoms in total. The standard InChI is InChI=1S/C20H19ClN4O2S/c1-12-6-7-14-16(8-12)28-19-18(14)20(27)25(11-22-19)10-17(26)24-23-9-13-4-2-3-5-15(13)21/h2-5,9,11-12H,6-8,10H2,1H3,(H,24,26)/t12-/m0/s1. The zero-order chi connectivity index (χ0) is 19.7. The minimum atomic E-state index is -0.399. The molecule has 144 valence electrons. The third-order valence-corrected chi connectivity index (χ3v) is 6.40. The van der Waals surface area contributed by atoms with Crippen LogP contribution in [0.4, 0.5) is 0 Å². The number of hydrogen-bond donors (Lipinski definition) is 1. The summed E-state index contributed by atoms with van der Waals surface area (Å²) in [5.41, 5.74) is 4.08. The molecular weight excluding hydrogens is 396 g/mol. The first-order chi connectivity index (χ1) is 13.5. The van der Waals surface area contributed by atoms with Crippen molar-refractivity contribution >= 4 is 45.3 Å². The zero-order valence-corrected chi connectivity index (χ0v) is 16.9. The summed E-state index contributed by atoms with van der Waals surface area (Å²) in [6, 6.07) is 7.18. The van der Waals surface area contributed by atoms with Crippen molar-refractivity contribution in [2.24, 2.45) is 11.0 Å². The number of aromatic nitrogens is 2. The van der Waals surface area contributed by atoms with Crippen molar-refractivity contribution in [1.29, 1.82) is 0 Å². The fraction of sp³-hybridized carbons (Fsp3) is 0.300. The first kappa shape index (κ1) is 18.8. The van der Waals surface area contributed by atoms with Crippen molar-refractivity contribution in [3.8, 4) is 0 Å². The summed E-state index contributed by atoms with van der Waals surface area (Å²) in [4.78, 5) is 31.5. The molecule has 0 aliphatic heterocycles. The van der Waals surface area contributed by atoms with Crippen molar-refractivity contribution in [3.63, 3.8) is 0 Å². The van der Waals surface area contributed by atoms with Crippen molar-refractivity contribution in [3.05, 3.63) is 62.0 Å². The summed E-state index contributed by atoms with van der Waals surface area (Å²) >= 11 is 7.64. The highest BCUT2D eigenvalue weighted by molar-refractivity contribution is 7.18. The Morgan fingerprint density at radius 3 is 3.11 bits per heavy atom. The molecule has 0 saturated carbocycles. The van der Waals surface area contributed by atoms with Gasteiger partial charge in [-0.05, 0) is 36.8 Å². The molecule has 0 bridgehead atoms. The van der Waals surface area contributed by atoms with Gasteiger partial charge in [0.25, 0.3) is 11.5 Å². The molecule has 2 heterocycles. The first-order valence-corrected chi connectivity index (χ1v) is 10.3. The van der Waals surface area contributed by atoms with E-state index in [9.17, 15) is 9.59 Å². The summed E-state index contributed by atoms with van der Waals surface area (Å²) in [6.07, 6.45) is 5.87. The quantitative estimate of drug-likeness (QED) is 0.525. The van der Waals surface area contributed by atoms with E-state index in [1.165, 1.54) is 22.0 Å². The number of amides is 1. The Morgan fingerprint density at radius 2 is 2.29 bits per heavy atom. The Balaban J connectivity index is 1.52. The fourth-order valence-electron chi connectivity index (χ4n) is 3.42. The Bertz CT molecular complexity index is 1130. The molecule has 0 radical (unpaired) electrons. The van der Waals surface area contributed by atoms with Crippen LogP contribution in [0.5, 0.6) is 0 Å². The lowest BCUT2D eigenvalue weighted by molar-refractivity contribution is -0.121. The summed E-state index contributed by atoms with van der Waals surface area (Å²) in [5.74, 6) is 0.230. The number of carbonyl (C=O) groups excluding carboxylic acids is 1. The molecule has 1 atom stereocenters. The number of thiophene rings is 1. The van der Waals surface area contributed by atoms with Gasteiger partial charge in [-0.25, -0.2) is 10.4 Å². The minimum Gasteiger partial charge on any atom is -0.289 e. The van der Waals surface area contributed by atoms with E-state index in [0.29, 0.717) is 21.9 Å². The predicted octanol–water partition coefficient (Wildman–Crippen LogP) is 3.39. The van der Waals surface area contributed by atoms with Gasteiger partial charge in [0, 0.05) is 15.5 Å². The van der Waals surface area contributed by atoms with Crippen molar-refractivity contribution in [2.75, 3.05) is 0 Å². The van der Waals surface area contributed by atoms with Gasteiger partial charge < -0.3 is 0 Å². The molecule has 1 aliphatic rings. The smallest absolute Gasteiger partial charge is 0.262 e. The Morgan fingerprint density at radius 1 is 1.46 bits per heavy atom. The highest BCUT2D eigenvalue weighted by atomic mass is 35.5. The Labute approximate surface area is 170 Å². The van der Waals surface area contributed by atoms with Crippen LogP contribution >= 0.6 is 22.9 Å². The number of halogens is 1. The molecule has 2 aromatic heterocycles. The third kappa shape index (κ3) is 3.72. The topological polar surface area (TPSA) is 76.3 Å². The number of fused-ring (bicyclic) bond motifs is 3. The molecule has 1 aromatic carbocycles. The second-order valence-corrected chi connectivity index (χ2v) is 8.52. The number of nitrogens with zero attached hydrogens (tertiary/aromatic N) is 3. The molecule has 4 rings (SSSR count). The van der Waals surface area contributed by atoms with Crippen LogP contribution in [0.2, 0.25) is 5.02 Å². The van der Waals surface area contributed by atoms with Gasteiger partial charge in [-0.3, -0.25) is 14.2 Å². The summed E-state index contributed by atoms with van der Waals surface area (Å²) in [6.45, 7) is 2.09. The molecule has 3 aromatic rings. The molecule has 0 spiro atoms. The van der Waals surface area contributed by atoms with Crippen LogP contribution in [0.15, 0.2) is 40.5 Å². The summed E-state index contributed by atoms with van der Waals surface area (Å²) < 4.78 is 1.34. The average Bonchev–Trinajstić information content (AvgIpc) is 3.04.